The molecule has 0 aliphatic carbocycles. The highest BCUT2D eigenvalue weighted by molar-refractivity contribution is 5.85. The summed E-state index contributed by atoms with van der Waals surface area (Å²) in [6.07, 6.45) is 13.2. The lowest BCUT2D eigenvalue weighted by molar-refractivity contribution is -0.660. The Hall–Kier alpha value is -10.8. The number of pyridine rings is 2. The summed E-state index contributed by atoms with van der Waals surface area (Å²) in [5.41, 5.74) is 25.0. The summed E-state index contributed by atoms with van der Waals surface area (Å²) >= 11 is 0. The van der Waals surface area contributed by atoms with Crippen LogP contribution >= 0.6 is 0 Å². The van der Waals surface area contributed by atoms with Gasteiger partial charge in [-0.05, 0) is 200 Å². The van der Waals surface area contributed by atoms with Crippen LogP contribution < -0.4 is 43.4 Å². The molecule has 2 aromatic heterocycles. The molecular weight excluding hydrogens is 1230 g/mol. The van der Waals surface area contributed by atoms with Crippen molar-refractivity contribution in [2.75, 3.05) is 55.4 Å². The number of fused-ring (bicyclic) bond motifs is 2. The normalized spacial score (nSPS) is 17.0. The van der Waals surface area contributed by atoms with Crippen molar-refractivity contribution in [2.24, 2.45) is 14.1 Å². The van der Waals surface area contributed by atoms with Gasteiger partial charge in [-0.3, -0.25) is 0 Å². The number of benzene rings is 9. The highest BCUT2D eigenvalue weighted by atomic mass is 15.4. The Bertz CT molecular complexity index is 4820. The van der Waals surface area contributed by atoms with E-state index < -0.39 is 13.3 Å². The predicted octanol–water partition coefficient (Wildman–Crippen LogP) is 20.7. The summed E-state index contributed by atoms with van der Waals surface area (Å²) in [6.45, 7) is 23.0. The Labute approximate surface area is 611 Å². The van der Waals surface area contributed by atoms with E-state index in [9.17, 15) is 0 Å². The lowest BCUT2D eigenvalue weighted by atomic mass is 10.0. The van der Waals surface area contributed by atoms with Crippen LogP contribution in [-0.2, 0) is 26.9 Å². The molecule has 4 aliphatic heterocycles. The monoisotopic (exact) mass is 1340 g/mol. The molecule has 6 heterocycles. The second-order valence-corrected chi connectivity index (χ2v) is 26.4. The number of hydrogen-bond donors (Lipinski definition) is 0. The highest BCUT2D eigenvalue weighted by Crippen LogP contribution is 2.45. The third-order valence-corrected chi connectivity index (χ3v) is 19.7. The molecule has 0 fully saturated rings. The number of nitrogens with zero attached hydrogens (tertiary/aromatic N) is 10. The molecule has 10 heteroatoms. The summed E-state index contributed by atoms with van der Waals surface area (Å²) in [5, 5.41) is 0. The summed E-state index contributed by atoms with van der Waals surface area (Å²) in [4.78, 5) is 17.4. The number of aryl methyl sites for hydroxylation is 10. The van der Waals surface area contributed by atoms with Crippen LogP contribution in [0.1, 0.15) is 92.9 Å². The van der Waals surface area contributed by atoms with Crippen molar-refractivity contribution in [2.45, 2.75) is 121 Å². The first-order valence-corrected chi connectivity index (χ1v) is 35.3. The lowest BCUT2D eigenvalue weighted by Gasteiger charge is -2.30. The molecule has 9 aromatic carbocycles. The zero-order chi connectivity index (χ0) is 76.1. The van der Waals surface area contributed by atoms with Crippen molar-refractivity contribution in [3.63, 3.8) is 0 Å². The number of anilines is 9. The van der Waals surface area contributed by atoms with E-state index in [0.29, 0.717) is 24.1 Å². The second kappa shape index (κ2) is 33.8. The van der Waals surface area contributed by atoms with Gasteiger partial charge in [-0.2, -0.15) is 0 Å². The van der Waals surface area contributed by atoms with Crippen molar-refractivity contribution in [1.29, 1.82) is 0 Å². The van der Waals surface area contributed by atoms with Crippen LogP contribution in [0.5, 0.6) is 0 Å². The maximum atomic E-state index is 7.83. The van der Waals surface area contributed by atoms with Crippen molar-refractivity contribution >= 4 is 51.2 Å². The Balaban J connectivity index is 0.000000137. The van der Waals surface area contributed by atoms with E-state index in [1.54, 1.807) is 6.92 Å². The lowest BCUT2D eigenvalue weighted by Crippen LogP contribution is -2.36. The van der Waals surface area contributed by atoms with Crippen molar-refractivity contribution < 1.29 is 16.0 Å². The highest BCUT2D eigenvalue weighted by Gasteiger charge is 2.33. The van der Waals surface area contributed by atoms with E-state index in [2.05, 4.69) is 323 Å². The van der Waals surface area contributed by atoms with Crippen molar-refractivity contribution in [3.8, 4) is 22.5 Å². The van der Waals surface area contributed by atoms with Crippen LogP contribution in [0.4, 0.5) is 51.2 Å². The van der Waals surface area contributed by atoms with E-state index >= 15 is 0 Å². The molecule has 0 N–H and O–H groups in total. The van der Waals surface area contributed by atoms with Crippen LogP contribution in [0.15, 0.2) is 286 Å². The van der Waals surface area contributed by atoms with Gasteiger partial charge in [-0.1, -0.05) is 166 Å². The molecule has 101 heavy (non-hydrogen) atoms. The van der Waals surface area contributed by atoms with E-state index in [0.717, 1.165) is 34.7 Å². The van der Waals surface area contributed by atoms with E-state index in [1.807, 2.05) is 111 Å². The molecule has 0 bridgehead atoms. The van der Waals surface area contributed by atoms with Gasteiger partial charge in [0.15, 0.2) is 12.4 Å². The number of rotatable bonds is 9. The van der Waals surface area contributed by atoms with Crippen LogP contribution in [0.3, 0.4) is 0 Å². The van der Waals surface area contributed by atoms with Gasteiger partial charge in [0, 0.05) is 116 Å². The molecule has 15 rings (SSSR count). The summed E-state index contributed by atoms with van der Waals surface area (Å²) in [6, 6.07) is 85.3. The molecule has 0 saturated carbocycles. The van der Waals surface area contributed by atoms with Gasteiger partial charge < -0.3 is 39.2 Å². The largest absolute Gasteiger partial charge is 0.359 e. The average molecular weight is 1340 g/mol. The molecule has 0 saturated heterocycles. The first-order chi connectivity index (χ1) is 50.7. The molecule has 4 unspecified atom stereocenters. The van der Waals surface area contributed by atoms with Gasteiger partial charge in [0.05, 0.1) is 22.7 Å². The molecule has 518 valence electrons. The fourth-order valence-corrected chi connectivity index (χ4v) is 13.5. The summed E-state index contributed by atoms with van der Waals surface area (Å²) in [5.74, 6) is 0. The Morgan fingerprint density at radius 2 is 0.683 bits per heavy atom. The molecule has 0 radical (unpaired) electrons. The second-order valence-electron chi connectivity index (χ2n) is 26.4. The standard InChI is InChI=1S/C17H18N2.2C16H18N2.2C15H18N.C12H16N2/c1-14-8-6-7-11-17(14)19-13-12-18(15(19)2)16-9-4-3-5-10-16;2*1-12-8-4-5-9-14(12)18-13(2)17(3)15-10-6-7-11-16(15)18;2*1-4-13-9-10-15(16(3)11-13)14-8-6-5-7-12(14)2;1-10-6-4-5-7-12(10)14-9-8-13(3)11(14)2/h3-13,15H,1-2H3;2*4-11,13H,1-3H3;2*5-11H,4H2,1-3H3;4-9,11H,1-3H3/q;;;2*+1;/i;3D3;;4D2;;. The zero-order valence-electron chi connectivity index (χ0n) is 67.1. The molecule has 0 spiro atoms. The van der Waals surface area contributed by atoms with E-state index in [4.69, 9.17) is 6.85 Å². The number of para-hydroxylation sites is 9. The summed E-state index contributed by atoms with van der Waals surface area (Å²) in [7, 11) is 8.32. The topological polar surface area (TPSA) is 33.7 Å². The van der Waals surface area contributed by atoms with E-state index in [1.165, 1.54) is 89.2 Å². The molecule has 0 amide bonds. The minimum Gasteiger partial charge on any atom is -0.359 e. The van der Waals surface area contributed by atoms with Gasteiger partial charge in [0.25, 0.3) is 0 Å². The minimum atomic E-state index is -2.16. The van der Waals surface area contributed by atoms with Gasteiger partial charge in [-0.15, -0.1) is 0 Å². The predicted molar refractivity (Wildman–Crippen MR) is 431 cm³/mol. The molecule has 4 aliphatic rings. The van der Waals surface area contributed by atoms with Gasteiger partial charge >= 0.3 is 0 Å². The molecule has 11 aromatic rings. The van der Waals surface area contributed by atoms with E-state index in [-0.39, 0.29) is 6.17 Å². The quantitative estimate of drug-likeness (QED) is 0.132. The fourth-order valence-electron chi connectivity index (χ4n) is 13.5. The maximum absolute atomic E-state index is 7.83. The van der Waals surface area contributed by atoms with Crippen molar-refractivity contribution in [3.05, 3.63) is 330 Å². The third kappa shape index (κ3) is 16.7. The molecule has 4 atom stereocenters. The third-order valence-electron chi connectivity index (χ3n) is 19.7. The average Bonchev–Trinajstić information content (AvgIpc) is 1.57. The Kier molecular flexibility index (Phi) is 22.1. The van der Waals surface area contributed by atoms with Crippen LogP contribution in [0.2, 0.25) is 0 Å². The molecule has 10 nitrogen and oxygen atoms in total. The smallest absolute Gasteiger partial charge is 0.212 e. The zero-order valence-corrected chi connectivity index (χ0v) is 62.1. The number of aromatic nitrogens is 2. The van der Waals surface area contributed by atoms with Crippen LogP contribution in [0.25, 0.3) is 22.5 Å². The van der Waals surface area contributed by atoms with Gasteiger partial charge in [-0.25, -0.2) is 9.13 Å². The van der Waals surface area contributed by atoms with Gasteiger partial charge in [0.2, 0.25) is 11.4 Å². The fraction of sp³-hybridized carbons (Fsp3) is 0.253. The Morgan fingerprint density at radius 1 is 0.337 bits per heavy atom. The first-order valence-electron chi connectivity index (χ1n) is 37.8. The van der Waals surface area contributed by atoms with Crippen LogP contribution in [0, 0.1) is 41.5 Å². The van der Waals surface area contributed by atoms with Crippen molar-refractivity contribution in [1.82, 2.24) is 4.90 Å². The Morgan fingerprint density at radius 3 is 1.09 bits per heavy atom. The molecular formula is C91H106N10+2. The minimum absolute atomic E-state index is 0.254. The summed E-state index contributed by atoms with van der Waals surface area (Å²) < 4.78 is 43.2. The van der Waals surface area contributed by atoms with Gasteiger partial charge in [0.1, 0.15) is 38.8 Å². The number of hydrogen-bond acceptors (Lipinski definition) is 8. The first kappa shape index (κ1) is 66.1. The SMILES string of the molecule is CCc1ccc(-c2ccccc2C)[n+](C)c1.Cc1ccccc1N1C=CN(C)C1C.Cc1ccccc1N1C=CN(c2ccccc2)C1C.Cc1ccccc1N1c2ccccc2N(C)C1C.[2H]C([2H])(C)c1ccc(-c2ccccc2C)[n+](C)c1.[2H]C([2H])([2H])N1c2ccccc2N(c2ccccc2C)C1C. The maximum Gasteiger partial charge on any atom is 0.212 e. The van der Waals surface area contributed by atoms with Crippen LogP contribution in [-0.4, -0.2) is 50.6 Å².